The second kappa shape index (κ2) is 3.56. The van der Waals surface area contributed by atoms with Gasteiger partial charge in [-0.15, -0.1) is 0 Å². The second-order valence-corrected chi connectivity index (χ2v) is 2.65. The third-order valence-electron chi connectivity index (χ3n) is 1.77. The predicted octanol–water partition coefficient (Wildman–Crippen LogP) is -0.314. The number of benzene rings is 1. The second-order valence-electron chi connectivity index (χ2n) is 2.65. The van der Waals surface area contributed by atoms with Gasteiger partial charge < -0.3 is 10.0 Å². The fourth-order valence-corrected chi connectivity index (χ4v) is 1.03. The van der Waals surface area contributed by atoms with Gasteiger partial charge in [0.05, 0.1) is 5.56 Å². The third-order valence-corrected chi connectivity index (χ3v) is 1.77. The molecular formula is C8H7BFNO2. The van der Waals surface area contributed by atoms with Crippen molar-refractivity contribution in [2.24, 2.45) is 0 Å². The zero-order valence-corrected chi connectivity index (χ0v) is 6.95. The summed E-state index contributed by atoms with van der Waals surface area (Å²) in [5, 5.41) is 26.0. The summed E-state index contributed by atoms with van der Waals surface area (Å²) in [5.74, 6) is -0.863. The summed E-state index contributed by atoms with van der Waals surface area (Å²) >= 11 is 0. The van der Waals surface area contributed by atoms with Crippen LogP contribution < -0.4 is 5.46 Å². The van der Waals surface area contributed by atoms with E-state index in [2.05, 4.69) is 0 Å². The van der Waals surface area contributed by atoms with Gasteiger partial charge >= 0.3 is 7.12 Å². The van der Waals surface area contributed by atoms with Crippen molar-refractivity contribution in [3.63, 3.8) is 0 Å². The van der Waals surface area contributed by atoms with Crippen molar-refractivity contribution in [3.8, 4) is 6.07 Å². The van der Waals surface area contributed by atoms with E-state index in [4.69, 9.17) is 15.3 Å². The Morgan fingerprint density at radius 2 is 2.08 bits per heavy atom. The maximum Gasteiger partial charge on any atom is 0.491 e. The molecule has 0 unspecified atom stereocenters. The number of rotatable bonds is 1. The molecular weight excluding hydrogens is 172 g/mol. The summed E-state index contributed by atoms with van der Waals surface area (Å²) in [6.07, 6.45) is 0. The van der Waals surface area contributed by atoms with Crippen molar-refractivity contribution in [2.75, 3.05) is 0 Å². The standard InChI is InChI=1S/C8H7BFNO2/c1-5-2-3-7(9(12)13)8(10)6(5)4-11/h2-3,12-13H,1H3. The smallest absolute Gasteiger partial charge is 0.423 e. The number of aryl methyl sites for hydroxylation is 1. The zero-order valence-electron chi connectivity index (χ0n) is 6.95. The molecule has 0 radical (unpaired) electrons. The van der Waals surface area contributed by atoms with Crippen LogP contribution in [0.25, 0.3) is 0 Å². The maximum absolute atomic E-state index is 13.2. The lowest BCUT2D eigenvalue weighted by atomic mass is 9.78. The van der Waals surface area contributed by atoms with Crippen LogP contribution in [0.3, 0.4) is 0 Å². The quantitative estimate of drug-likeness (QED) is 0.581. The molecule has 5 heteroatoms. The number of nitrogens with zero attached hydrogens (tertiary/aromatic N) is 1. The van der Waals surface area contributed by atoms with E-state index in [1.165, 1.54) is 12.1 Å². The van der Waals surface area contributed by atoms with E-state index in [-0.39, 0.29) is 11.0 Å². The molecule has 0 saturated carbocycles. The van der Waals surface area contributed by atoms with Crippen LogP contribution in [0.2, 0.25) is 0 Å². The molecule has 0 heterocycles. The van der Waals surface area contributed by atoms with Crippen molar-refractivity contribution < 1.29 is 14.4 Å². The molecule has 3 nitrogen and oxygen atoms in total. The van der Waals surface area contributed by atoms with Crippen molar-refractivity contribution in [1.82, 2.24) is 0 Å². The average molecular weight is 179 g/mol. The molecule has 0 amide bonds. The highest BCUT2D eigenvalue weighted by Crippen LogP contribution is 2.09. The molecule has 0 spiro atoms. The lowest BCUT2D eigenvalue weighted by Gasteiger charge is -2.04. The van der Waals surface area contributed by atoms with Gasteiger partial charge in [0.1, 0.15) is 11.9 Å². The van der Waals surface area contributed by atoms with Gasteiger partial charge in [0.2, 0.25) is 0 Å². The summed E-state index contributed by atoms with van der Waals surface area (Å²) < 4.78 is 13.2. The van der Waals surface area contributed by atoms with Crippen LogP contribution in [-0.4, -0.2) is 17.2 Å². The molecule has 0 atom stereocenters. The van der Waals surface area contributed by atoms with E-state index < -0.39 is 12.9 Å². The Balaban J connectivity index is 3.38. The van der Waals surface area contributed by atoms with Crippen molar-refractivity contribution in [2.45, 2.75) is 6.92 Å². The summed E-state index contributed by atoms with van der Waals surface area (Å²) in [4.78, 5) is 0. The van der Waals surface area contributed by atoms with E-state index in [1.807, 2.05) is 0 Å². The maximum atomic E-state index is 13.2. The first-order valence-electron chi connectivity index (χ1n) is 3.63. The van der Waals surface area contributed by atoms with Gasteiger partial charge in [-0.3, -0.25) is 0 Å². The van der Waals surface area contributed by atoms with Gasteiger partial charge in [-0.1, -0.05) is 12.1 Å². The summed E-state index contributed by atoms with van der Waals surface area (Å²) in [5.41, 5.74) is 0.0529. The first kappa shape index (κ1) is 9.71. The molecule has 2 N–H and O–H groups in total. The normalized spacial score (nSPS) is 9.46. The fraction of sp³-hybridized carbons (Fsp3) is 0.125. The van der Waals surface area contributed by atoms with Crippen LogP contribution in [0.4, 0.5) is 4.39 Å². The number of halogens is 1. The molecule has 0 fully saturated rings. The van der Waals surface area contributed by atoms with Gasteiger partial charge in [-0.25, -0.2) is 4.39 Å². The molecule has 0 saturated heterocycles. The number of nitriles is 1. The molecule has 0 bridgehead atoms. The highest BCUT2D eigenvalue weighted by Gasteiger charge is 2.19. The minimum absolute atomic E-state index is 0.148. The molecule has 0 aliphatic heterocycles. The van der Waals surface area contributed by atoms with Gasteiger partial charge in [-0.05, 0) is 12.5 Å². The monoisotopic (exact) mass is 179 g/mol. The minimum Gasteiger partial charge on any atom is -0.423 e. The van der Waals surface area contributed by atoms with Crippen LogP contribution >= 0.6 is 0 Å². The Labute approximate surface area is 75.2 Å². The van der Waals surface area contributed by atoms with E-state index in [9.17, 15) is 4.39 Å². The molecule has 0 aromatic heterocycles. The Kier molecular flexibility index (Phi) is 2.66. The van der Waals surface area contributed by atoms with Gasteiger partial charge in [-0.2, -0.15) is 5.26 Å². The van der Waals surface area contributed by atoms with E-state index in [0.29, 0.717) is 5.56 Å². The SMILES string of the molecule is Cc1ccc(B(O)O)c(F)c1C#N. The largest absolute Gasteiger partial charge is 0.491 e. The summed E-state index contributed by atoms with van der Waals surface area (Å²) in [6.45, 7) is 1.58. The van der Waals surface area contributed by atoms with E-state index in [0.717, 1.165) is 0 Å². The summed E-state index contributed by atoms with van der Waals surface area (Å²) in [7, 11) is -1.88. The zero-order chi connectivity index (χ0) is 10.0. The van der Waals surface area contributed by atoms with Crippen molar-refractivity contribution in [1.29, 1.82) is 5.26 Å². The number of hydrogen-bond acceptors (Lipinski definition) is 3. The molecule has 1 aromatic rings. The van der Waals surface area contributed by atoms with Crippen molar-refractivity contribution in [3.05, 3.63) is 29.1 Å². The van der Waals surface area contributed by atoms with Crippen LogP contribution in [0.15, 0.2) is 12.1 Å². The van der Waals surface area contributed by atoms with Crippen molar-refractivity contribution >= 4 is 12.6 Å². The highest BCUT2D eigenvalue weighted by molar-refractivity contribution is 6.58. The van der Waals surface area contributed by atoms with Crippen LogP contribution in [0.5, 0.6) is 0 Å². The molecule has 66 valence electrons. The minimum atomic E-state index is -1.88. The van der Waals surface area contributed by atoms with E-state index in [1.54, 1.807) is 13.0 Å². The molecule has 1 rings (SSSR count). The molecule has 0 aliphatic rings. The Morgan fingerprint density at radius 1 is 1.46 bits per heavy atom. The topological polar surface area (TPSA) is 64.2 Å². The number of hydrogen-bond donors (Lipinski definition) is 2. The van der Waals surface area contributed by atoms with Gasteiger partial charge in [0.25, 0.3) is 0 Å². The molecule has 1 aromatic carbocycles. The Bertz CT molecular complexity index is 373. The lowest BCUT2D eigenvalue weighted by molar-refractivity contribution is 0.423. The fourth-order valence-electron chi connectivity index (χ4n) is 1.03. The van der Waals surface area contributed by atoms with Gasteiger partial charge in [0.15, 0.2) is 0 Å². The first-order chi connectivity index (χ1) is 6.07. The van der Waals surface area contributed by atoms with Gasteiger partial charge in [0, 0.05) is 5.46 Å². The van der Waals surface area contributed by atoms with Crippen LogP contribution in [0, 0.1) is 24.1 Å². The highest BCUT2D eigenvalue weighted by atomic mass is 19.1. The summed E-state index contributed by atoms with van der Waals surface area (Å²) in [6, 6.07) is 4.38. The predicted molar refractivity (Wildman–Crippen MR) is 45.7 cm³/mol. The van der Waals surface area contributed by atoms with Crippen LogP contribution in [0.1, 0.15) is 11.1 Å². The van der Waals surface area contributed by atoms with Crippen LogP contribution in [-0.2, 0) is 0 Å². The lowest BCUT2D eigenvalue weighted by Crippen LogP contribution is -2.33. The Morgan fingerprint density at radius 3 is 2.54 bits per heavy atom. The first-order valence-corrected chi connectivity index (χ1v) is 3.63. The molecule has 13 heavy (non-hydrogen) atoms. The third kappa shape index (κ3) is 1.69. The average Bonchev–Trinajstić information content (AvgIpc) is 2.04. The Hall–Kier alpha value is -1.38. The molecule has 0 aliphatic carbocycles. The van der Waals surface area contributed by atoms with E-state index >= 15 is 0 Å².